The van der Waals surface area contributed by atoms with Crippen LogP contribution in [0.3, 0.4) is 0 Å². The first-order chi connectivity index (χ1) is 17.9. The van der Waals surface area contributed by atoms with E-state index in [1.54, 1.807) is 45.6 Å². The van der Waals surface area contributed by atoms with E-state index in [1.165, 1.54) is 22.8 Å². The van der Waals surface area contributed by atoms with E-state index in [9.17, 15) is 9.18 Å². The minimum atomic E-state index is -0.578. The molecule has 8 heteroatoms. The van der Waals surface area contributed by atoms with Gasteiger partial charge in [-0.15, -0.1) is 0 Å². The zero-order valence-corrected chi connectivity index (χ0v) is 21.0. The van der Waals surface area contributed by atoms with Gasteiger partial charge in [-0.3, -0.25) is 9.36 Å². The fraction of sp³-hybridized carbons (Fsp3) is 0.103. The van der Waals surface area contributed by atoms with E-state index in [-0.39, 0.29) is 10.6 Å². The molecule has 37 heavy (non-hydrogen) atoms. The van der Waals surface area contributed by atoms with Crippen LogP contribution >= 0.6 is 11.6 Å². The van der Waals surface area contributed by atoms with E-state index in [0.717, 1.165) is 10.8 Å². The quantitative estimate of drug-likeness (QED) is 0.240. The molecule has 0 atom stereocenters. The van der Waals surface area contributed by atoms with Crippen LogP contribution in [-0.2, 0) is 0 Å². The lowest BCUT2D eigenvalue weighted by molar-refractivity contribution is 0.348. The van der Waals surface area contributed by atoms with Gasteiger partial charge in [-0.1, -0.05) is 35.9 Å². The molecule has 0 amide bonds. The Hall–Kier alpha value is -4.36. The van der Waals surface area contributed by atoms with Gasteiger partial charge in [0.2, 0.25) is 0 Å². The predicted octanol–water partition coefficient (Wildman–Crippen LogP) is 6.53. The molecule has 0 aliphatic heterocycles. The van der Waals surface area contributed by atoms with Crippen LogP contribution in [0.4, 0.5) is 4.39 Å². The van der Waals surface area contributed by atoms with Gasteiger partial charge in [0.15, 0.2) is 11.5 Å². The zero-order chi connectivity index (χ0) is 26.1. The number of aromatic nitrogens is 2. The Morgan fingerprint density at radius 2 is 1.51 bits per heavy atom. The molecule has 0 saturated heterocycles. The van der Waals surface area contributed by atoms with Gasteiger partial charge in [0.05, 0.1) is 42.9 Å². The zero-order valence-electron chi connectivity index (χ0n) is 20.3. The highest BCUT2D eigenvalue weighted by Crippen LogP contribution is 2.35. The number of hydrogen-bond donors (Lipinski definition) is 0. The van der Waals surface area contributed by atoms with Gasteiger partial charge < -0.3 is 14.2 Å². The molecule has 0 fully saturated rings. The number of benzene rings is 4. The number of halogens is 2. The van der Waals surface area contributed by atoms with Crippen molar-refractivity contribution in [2.45, 2.75) is 0 Å². The first kappa shape index (κ1) is 24.3. The van der Waals surface area contributed by atoms with Gasteiger partial charge in [-0.2, -0.15) is 0 Å². The lowest BCUT2D eigenvalue weighted by atomic mass is 10.1. The van der Waals surface area contributed by atoms with Crippen LogP contribution in [0.1, 0.15) is 11.4 Å². The summed E-state index contributed by atoms with van der Waals surface area (Å²) in [5.74, 6) is 1.32. The molecule has 0 bridgehead atoms. The molecule has 0 spiro atoms. The van der Waals surface area contributed by atoms with Crippen molar-refractivity contribution in [1.82, 2.24) is 9.55 Å². The third-order valence-electron chi connectivity index (χ3n) is 6.07. The molecule has 0 saturated carbocycles. The molecule has 0 aliphatic carbocycles. The van der Waals surface area contributed by atoms with Crippen molar-refractivity contribution in [1.29, 1.82) is 0 Å². The molecule has 186 valence electrons. The summed E-state index contributed by atoms with van der Waals surface area (Å²) < 4.78 is 31.7. The largest absolute Gasteiger partial charge is 0.496 e. The minimum Gasteiger partial charge on any atom is -0.496 e. The fourth-order valence-electron chi connectivity index (χ4n) is 4.22. The van der Waals surface area contributed by atoms with Crippen LogP contribution in [0.25, 0.3) is 39.5 Å². The molecule has 6 nitrogen and oxygen atoms in total. The fourth-order valence-corrected chi connectivity index (χ4v) is 4.40. The van der Waals surface area contributed by atoms with E-state index in [1.807, 2.05) is 36.4 Å². The second-order valence-electron chi connectivity index (χ2n) is 8.21. The summed E-state index contributed by atoms with van der Waals surface area (Å²) in [5, 5.41) is 2.21. The number of nitrogens with zero attached hydrogens (tertiary/aromatic N) is 2. The second kappa shape index (κ2) is 9.95. The van der Waals surface area contributed by atoms with Crippen LogP contribution in [0.5, 0.6) is 17.2 Å². The summed E-state index contributed by atoms with van der Waals surface area (Å²) in [6.07, 6.45) is 3.45. The highest BCUT2D eigenvalue weighted by molar-refractivity contribution is 6.30. The van der Waals surface area contributed by atoms with E-state index in [4.69, 9.17) is 30.8 Å². The van der Waals surface area contributed by atoms with Crippen molar-refractivity contribution in [2.75, 3.05) is 21.3 Å². The monoisotopic (exact) mass is 516 g/mol. The summed E-state index contributed by atoms with van der Waals surface area (Å²) in [6.45, 7) is 0. The first-order valence-corrected chi connectivity index (χ1v) is 11.7. The summed E-state index contributed by atoms with van der Waals surface area (Å²) in [7, 11) is 4.64. The summed E-state index contributed by atoms with van der Waals surface area (Å²) in [4.78, 5) is 18.6. The number of fused-ring (bicyclic) bond motifs is 2. The second-order valence-corrected chi connectivity index (χ2v) is 8.62. The molecular formula is C29H22ClFN2O4. The Morgan fingerprint density at radius 3 is 2.19 bits per heavy atom. The Labute approximate surface area is 217 Å². The topological polar surface area (TPSA) is 62.6 Å². The lowest BCUT2D eigenvalue weighted by Gasteiger charge is -2.14. The SMILES string of the molecule is COc1cc(OC)c(OC)cc1C=Cc1nc2cc3ccccc3cc2c(=O)n1-c1ccc(F)c(Cl)c1. The average Bonchev–Trinajstić information content (AvgIpc) is 2.92. The summed E-state index contributed by atoms with van der Waals surface area (Å²) in [6, 6.07) is 19.0. The third kappa shape index (κ3) is 4.49. The maximum absolute atomic E-state index is 13.9. The van der Waals surface area contributed by atoms with Crippen LogP contribution in [0.2, 0.25) is 5.02 Å². The van der Waals surface area contributed by atoms with E-state index >= 15 is 0 Å². The average molecular weight is 517 g/mol. The highest BCUT2D eigenvalue weighted by Gasteiger charge is 2.15. The van der Waals surface area contributed by atoms with Crippen molar-refractivity contribution < 1.29 is 18.6 Å². The van der Waals surface area contributed by atoms with Crippen molar-refractivity contribution in [2.24, 2.45) is 0 Å². The van der Waals surface area contributed by atoms with Gasteiger partial charge in [0.25, 0.3) is 5.56 Å². The van der Waals surface area contributed by atoms with Crippen molar-refractivity contribution in [3.63, 3.8) is 0 Å². The van der Waals surface area contributed by atoms with Crippen LogP contribution in [-0.4, -0.2) is 30.9 Å². The molecule has 0 N–H and O–H groups in total. The van der Waals surface area contributed by atoms with Gasteiger partial charge >= 0.3 is 0 Å². The summed E-state index contributed by atoms with van der Waals surface area (Å²) >= 11 is 6.07. The standard InChI is InChI=1S/C29H22ClFN2O4/c1-35-25-16-27(37-3)26(36-2)14-19(25)8-11-28-32-24-13-18-7-5-4-6-17(18)12-21(24)29(34)33(28)20-9-10-23(31)22(30)15-20/h4-16H,1-3H3. The third-order valence-corrected chi connectivity index (χ3v) is 6.36. The lowest BCUT2D eigenvalue weighted by Crippen LogP contribution is -2.22. The van der Waals surface area contributed by atoms with Crippen LogP contribution < -0.4 is 19.8 Å². The normalized spacial score (nSPS) is 11.4. The van der Waals surface area contributed by atoms with E-state index < -0.39 is 5.82 Å². The number of rotatable bonds is 6. The number of methoxy groups -OCH3 is 3. The van der Waals surface area contributed by atoms with Gasteiger partial charge in [-0.25, -0.2) is 9.37 Å². The maximum atomic E-state index is 13.9. The summed E-state index contributed by atoms with van der Waals surface area (Å²) in [5.41, 5.74) is 1.29. The minimum absolute atomic E-state index is 0.0977. The molecule has 0 aliphatic rings. The molecule has 5 rings (SSSR count). The van der Waals surface area contributed by atoms with Crippen molar-refractivity contribution >= 4 is 45.4 Å². The van der Waals surface area contributed by atoms with Gasteiger partial charge in [-0.05, 0) is 59.3 Å². The Balaban J connectivity index is 1.77. The van der Waals surface area contributed by atoms with Crippen LogP contribution in [0, 0.1) is 5.82 Å². The predicted molar refractivity (Wildman–Crippen MR) is 145 cm³/mol. The maximum Gasteiger partial charge on any atom is 0.266 e. The molecule has 1 aromatic heterocycles. The molecular weight excluding hydrogens is 495 g/mol. The molecule has 1 heterocycles. The van der Waals surface area contributed by atoms with Crippen LogP contribution in [0.15, 0.2) is 71.5 Å². The van der Waals surface area contributed by atoms with Crippen molar-refractivity contribution in [3.05, 3.63) is 99.3 Å². The van der Waals surface area contributed by atoms with Crippen molar-refractivity contribution in [3.8, 4) is 22.9 Å². The Morgan fingerprint density at radius 1 is 0.838 bits per heavy atom. The first-order valence-electron chi connectivity index (χ1n) is 11.3. The molecule has 0 unspecified atom stereocenters. The van der Waals surface area contributed by atoms with Gasteiger partial charge in [0, 0.05) is 11.6 Å². The Kier molecular flexibility index (Phi) is 6.54. The Bertz CT molecular complexity index is 1750. The van der Waals surface area contributed by atoms with Gasteiger partial charge in [0.1, 0.15) is 17.4 Å². The molecule has 0 radical (unpaired) electrons. The molecule has 4 aromatic carbocycles. The van der Waals surface area contributed by atoms with E-state index in [2.05, 4.69) is 0 Å². The number of hydrogen-bond acceptors (Lipinski definition) is 5. The molecule has 5 aromatic rings. The number of ether oxygens (including phenoxy) is 3. The van der Waals surface area contributed by atoms with E-state index in [0.29, 0.717) is 45.2 Å². The smallest absolute Gasteiger partial charge is 0.266 e. The highest BCUT2D eigenvalue weighted by atomic mass is 35.5.